The molecule has 2 atom stereocenters. The molecular formula is C13H13F5N4O2. The largest absolute Gasteiger partial charge is 0.424 e. The van der Waals surface area contributed by atoms with E-state index in [1.165, 1.54) is 6.92 Å². The lowest BCUT2D eigenvalue weighted by molar-refractivity contribution is -0.262. The molecule has 1 aliphatic heterocycles. The molecule has 1 aliphatic rings. The molecule has 0 radical (unpaired) electrons. The van der Waals surface area contributed by atoms with Gasteiger partial charge in [0.1, 0.15) is 0 Å². The minimum absolute atomic E-state index is 0.0233. The minimum atomic E-state index is -4.97. The maximum Gasteiger partial charge on any atom is 0.424 e. The molecule has 1 N–H and O–H groups in total. The van der Waals surface area contributed by atoms with Gasteiger partial charge in [0.2, 0.25) is 5.60 Å². The lowest BCUT2D eigenvalue weighted by Gasteiger charge is -2.32. The summed E-state index contributed by atoms with van der Waals surface area (Å²) in [5.74, 6) is -0.652. The number of hydrogen-bond donors (Lipinski definition) is 1. The summed E-state index contributed by atoms with van der Waals surface area (Å²) in [6, 6.07) is 0.188. The SMILES string of the molecule is C[C@H]1Cn2c(cc(=O)n2C(F)F)-c2cnc([C@@](C)(O)C(F)(F)F)n21. The monoisotopic (exact) mass is 352 g/mol. The zero-order valence-electron chi connectivity index (χ0n) is 12.6. The first-order valence-electron chi connectivity index (χ1n) is 6.94. The van der Waals surface area contributed by atoms with E-state index in [0.29, 0.717) is 6.92 Å². The number of nitrogens with zero attached hydrogens (tertiary/aromatic N) is 4. The lowest BCUT2D eigenvalue weighted by Crippen LogP contribution is -2.43. The van der Waals surface area contributed by atoms with Gasteiger partial charge in [-0.15, -0.1) is 0 Å². The average Bonchev–Trinajstić information content (AvgIpc) is 2.98. The maximum absolute atomic E-state index is 13.1. The van der Waals surface area contributed by atoms with Crippen LogP contribution >= 0.6 is 0 Å². The Labute approximate surface area is 131 Å². The van der Waals surface area contributed by atoms with Crippen molar-refractivity contribution in [3.8, 4) is 11.4 Å². The molecule has 0 bridgehead atoms. The van der Waals surface area contributed by atoms with Crippen molar-refractivity contribution < 1.29 is 27.1 Å². The summed E-state index contributed by atoms with van der Waals surface area (Å²) in [5.41, 5.74) is -4.10. The highest BCUT2D eigenvalue weighted by Gasteiger charge is 2.55. The van der Waals surface area contributed by atoms with Crippen LogP contribution in [0.4, 0.5) is 22.0 Å². The molecular weight excluding hydrogens is 339 g/mol. The van der Waals surface area contributed by atoms with Gasteiger partial charge >= 0.3 is 12.7 Å². The van der Waals surface area contributed by atoms with Crippen LogP contribution in [0.25, 0.3) is 11.4 Å². The Morgan fingerprint density at radius 1 is 1.33 bits per heavy atom. The average molecular weight is 352 g/mol. The molecule has 0 amide bonds. The van der Waals surface area contributed by atoms with E-state index in [1.54, 1.807) is 0 Å². The summed E-state index contributed by atoms with van der Waals surface area (Å²) >= 11 is 0. The molecule has 0 saturated heterocycles. The molecule has 0 aliphatic carbocycles. The molecule has 0 fully saturated rings. The van der Waals surface area contributed by atoms with Crippen molar-refractivity contribution in [1.82, 2.24) is 18.9 Å². The van der Waals surface area contributed by atoms with E-state index in [1.807, 2.05) is 0 Å². The van der Waals surface area contributed by atoms with Crippen molar-refractivity contribution in [1.29, 1.82) is 0 Å². The Bertz CT molecular complexity index is 846. The number of alkyl halides is 5. The van der Waals surface area contributed by atoms with Crippen LogP contribution < -0.4 is 5.56 Å². The van der Waals surface area contributed by atoms with Gasteiger partial charge in [-0.05, 0) is 13.8 Å². The Balaban J connectivity index is 2.24. The van der Waals surface area contributed by atoms with E-state index in [2.05, 4.69) is 4.98 Å². The quantitative estimate of drug-likeness (QED) is 0.844. The Morgan fingerprint density at radius 2 is 1.96 bits per heavy atom. The number of aromatic nitrogens is 4. The fraction of sp³-hybridized carbons (Fsp3) is 0.538. The molecule has 6 nitrogen and oxygen atoms in total. The summed E-state index contributed by atoms with van der Waals surface area (Å²) in [5, 5.41) is 9.88. The molecule has 0 unspecified atom stereocenters. The van der Waals surface area contributed by atoms with Crippen molar-refractivity contribution in [3.05, 3.63) is 28.4 Å². The molecule has 3 heterocycles. The topological polar surface area (TPSA) is 65.0 Å². The number of imidazole rings is 1. The van der Waals surface area contributed by atoms with Gasteiger partial charge in [-0.1, -0.05) is 0 Å². The Morgan fingerprint density at radius 3 is 2.50 bits per heavy atom. The first-order chi connectivity index (χ1) is 11.0. The zero-order valence-corrected chi connectivity index (χ0v) is 12.6. The smallest absolute Gasteiger partial charge is 0.374 e. The van der Waals surface area contributed by atoms with Gasteiger partial charge in [0.15, 0.2) is 5.82 Å². The van der Waals surface area contributed by atoms with Crippen LogP contribution in [0.2, 0.25) is 0 Å². The van der Waals surface area contributed by atoms with E-state index < -0.39 is 35.8 Å². The van der Waals surface area contributed by atoms with Crippen LogP contribution in [0.15, 0.2) is 17.1 Å². The molecule has 11 heteroatoms. The van der Waals surface area contributed by atoms with Crippen molar-refractivity contribution in [2.45, 2.75) is 44.8 Å². The molecule has 0 saturated carbocycles. The van der Waals surface area contributed by atoms with E-state index in [-0.39, 0.29) is 22.6 Å². The van der Waals surface area contributed by atoms with Crippen LogP contribution in [0.1, 0.15) is 32.3 Å². The van der Waals surface area contributed by atoms with Crippen LogP contribution in [0.3, 0.4) is 0 Å². The standard InChI is InChI=1S/C13H13F5N4O2/c1-6-5-20-7(3-9(23)22(20)11(14)15)8-4-19-10(21(6)8)12(2,24)13(16,17)18/h3-4,6,11,24H,5H2,1-2H3/t6-,12+/m0/s1. The number of hydrogen-bond acceptors (Lipinski definition) is 3. The molecule has 2 aromatic heterocycles. The van der Waals surface area contributed by atoms with Crippen LogP contribution in [0.5, 0.6) is 0 Å². The van der Waals surface area contributed by atoms with Crippen molar-refractivity contribution in [2.75, 3.05) is 0 Å². The minimum Gasteiger partial charge on any atom is -0.374 e. The molecule has 2 aromatic rings. The van der Waals surface area contributed by atoms with Gasteiger partial charge < -0.3 is 9.67 Å². The fourth-order valence-corrected chi connectivity index (χ4v) is 2.90. The third kappa shape index (κ3) is 2.10. The number of aliphatic hydroxyl groups is 1. The molecule has 132 valence electrons. The highest BCUT2D eigenvalue weighted by molar-refractivity contribution is 5.56. The van der Waals surface area contributed by atoms with Gasteiger partial charge in [-0.25, -0.2) is 4.98 Å². The second-order valence-electron chi connectivity index (χ2n) is 5.83. The molecule has 0 aromatic carbocycles. The first kappa shape index (κ1) is 16.7. The first-order valence-corrected chi connectivity index (χ1v) is 6.94. The van der Waals surface area contributed by atoms with Gasteiger partial charge in [-0.2, -0.15) is 26.6 Å². The third-order valence-corrected chi connectivity index (χ3v) is 4.13. The number of fused-ring (bicyclic) bond motifs is 3. The van der Waals surface area contributed by atoms with Crippen LogP contribution in [0, 0.1) is 0 Å². The summed E-state index contributed by atoms with van der Waals surface area (Å²) in [7, 11) is 0. The van der Waals surface area contributed by atoms with E-state index in [9.17, 15) is 31.9 Å². The second-order valence-corrected chi connectivity index (χ2v) is 5.83. The molecule has 3 rings (SSSR count). The van der Waals surface area contributed by atoms with Gasteiger partial charge in [-0.3, -0.25) is 9.48 Å². The van der Waals surface area contributed by atoms with E-state index in [4.69, 9.17) is 0 Å². The van der Waals surface area contributed by atoms with Gasteiger partial charge in [0.05, 0.1) is 30.2 Å². The van der Waals surface area contributed by atoms with Crippen molar-refractivity contribution in [3.63, 3.8) is 0 Å². The number of halogens is 5. The normalized spacial score (nSPS) is 20.0. The van der Waals surface area contributed by atoms with Gasteiger partial charge in [0.25, 0.3) is 5.56 Å². The third-order valence-electron chi connectivity index (χ3n) is 4.13. The second kappa shape index (κ2) is 4.91. The summed E-state index contributed by atoms with van der Waals surface area (Å²) in [4.78, 5) is 15.4. The van der Waals surface area contributed by atoms with Crippen LogP contribution in [-0.2, 0) is 12.1 Å². The number of rotatable bonds is 2. The Kier molecular flexibility index (Phi) is 3.41. The van der Waals surface area contributed by atoms with Crippen molar-refractivity contribution in [2.24, 2.45) is 0 Å². The Hall–Kier alpha value is -2.17. The summed E-state index contributed by atoms with van der Waals surface area (Å²) in [6.45, 7) is -1.18. The zero-order chi connectivity index (χ0) is 18.0. The van der Waals surface area contributed by atoms with Gasteiger partial charge in [0, 0.05) is 6.07 Å². The predicted octanol–water partition coefficient (Wildman–Crippen LogP) is 2.25. The van der Waals surface area contributed by atoms with E-state index >= 15 is 0 Å². The fourth-order valence-electron chi connectivity index (χ4n) is 2.90. The summed E-state index contributed by atoms with van der Waals surface area (Å²) < 4.78 is 67.8. The highest BCUT2D eigenvalue weighted by Crippen LogP contribution is 2.42. The highest BCUT2D eigenvalue weighted by atomic mass is 19.4. The van der Waals surface area contributed by atoms with Crippen LogP contribution in [-0.4, -0.2) is 30.2 Å². The maximum atomic E-state index is 13.1. The molecule has 0 spiro atoms. The van der Waals surface area contributed by atoms with E-state index in [0.717, 1.165) is 21.5 Å². The van der Waals surface area contributed by atoms with Crippen molar-refractivity contribution >= 4 is 0 Å². The lowest BCUT2D eigenvalue weighted by atomic mass is 10.0. The molecule has 24 heavy (non-hydrogen) atoms. The summed E-state index contributed by atoms with van der Waals surface area (Å²) in [6.07, 6.45) is -3.94. The predicted molar refractivity (Wildman–Crippen MR) is 71.5 cm³/mol.